The molecule has 0 saturated heterocycles. The first-order valence-electron chi connectivity index (χ1n) is 7.66. The third-order valence-corrected chi connectivity index (χ3v) is 3.66. The van der Waals surface area contributed by atoms with E-state index in [1.165, 1.54) is 31.4 Å². The first kappa shape index (κ1) is 16.7. The number of carbonyl (C=O) groups is 1. The molecular formula is C17H26FNO. The molecule has 1 aromatic rings. The van der Waals surface area contributed by atoms with E-state index in [4.69, 9.17) is 0 Å². The van der Waals surface area contributed by atoms with Crippen LogP contribution in [0, 0.1) is 11.7 Å². The molecule has 20 heavy (non-hydrogen) atoms. The van der Waals surface area contributed by atoms with Gasteiger partial charge in [0.05, 0.1) is 0 Å². The fourth-order valence-electron chi connectivity index (χ4n) is 2.24. The predicted molar refractivity (Wildman–Crippen MR) is 81.0 cm³/mol. The summed E-state index contributed by atoms with van der Waals surface area (Å²) in [5.41, 5.74) is 0.873. The van der Waals surface area contributed by atoms with Gasteiger partial charge in [0.2, 0.25) is 5.91 Å². The molecule has 0 aromatic heterocycles. The zero-order chi connectivity index (χ0) is 14.8. The van der Waals surface area contributed by atoms with Gasteiger partial charge < -0.3 is 5.32 Å². The third kappa shape index (κ3) is 6.69. The lowest BCUT2D eigenvalue weighted by Crippen LogP contribution is -2.29. The molecule has 112 valence electrons. The van der Waals surface area contributed by atoms with Gasteiger partial charge in [-0.15, -0.1) is 0 Å². The molecule has 0 spiro atoms. The first-order valence-corrected chi connectivity index (χ1v) is 7.66. The lowest BCUT2D eigenvalue weighted by atomic mass is 9.99. The van der Waals surface area contributed by atoms with Crippen LogP contribution < -0.4 is 5.32 Å². The van der Waals surface area contributed by atoms with Crippen molar-refractivity contribution < 1.29 is 9.18 Å². The van der Waals surface area contributed by atoms with Crippen molar-refractivity contribution in [3.63, 3.8) is 0 Å². The van der Waals surface area contributed by atoms with Crippen molar-refractivity contribution in [2.24, 2.45) is 5.92 Å². The summed E-state index contributed by atoms with van der Waals surface area (Å²) in [6, 6.07) is 6.44. The van der Waals surface area contributed by atoms with Crippen molar-refractivity contribution in [2.45, 2.75) is 52.4 Å². The molecule has 0 bridgehead atoms. The fraction of sp³-hybridized carbons (Fsp3) is 0.588. The van der Waals surface area contributed by atoms with Gasteiger partial charge in [-0.1, -0.05) is 45.2 Å². The number of hydrogen-bond acceptors (Lipinski definition) is 1. The van der Waals surface area contributed by atoms with Crippen molar-refractivity contribution >= 4 is 5.91 Å². The Morgan fingerprint density at radius 2 is 2.15 bits per heavy atom. The highest BCUT2D eigenvalue weighted by Gasteiger charge is 2.08. The number of nitrogens with one attached hydrogen (secondary N) is 1. The Morgan fingerprint density at radius 1 is 1.35 bits per heavy atom. The summed E-state index contributed by atoms with van der Waals surface area (Å²) < 4.78 is 13.0. The number of aryl methyl sites for hydroxylation is 1. The van der Waals surface area contributed by atoms with Crippen LogP contribution in [0.3, 0.4) is 0 Å². The standard InChI is InChI=1S/C17H26FNO/c1-3-5-7-14(4-2)13-19-17(20)11-10-15-8-6-9-16(18)12-15/h6,8-9,12,14H,3-5,7,10-11,13H2,1-2H3,(H,19,20). The molecule has 1 aromatic carbocycles. The minimum atomic E-state index is -0.242. The van der Waals surface area contributed by atoms with Gasteiger partial charge in [0, 0.05) is 13.0 Å². The van der Waals surface area contributed by atoms with E-state index in [2.05, 4.69) is 19.2 Å². The number of rotatable bonds is 9. The Labute approximate surface area is 121 Å². The average Bonchev–Trinajstić information content (AvgIpc) is 2.45. The number of benzene rings is 1. The van der Waals surface area contributed by atoms with Crippen LogP contribution in [0.1, 0.15) is 51.5 Å². The summed E-state index contributed by atoms with van der Waals surface area (Å²) in [7, 11) is 0. The molecule has 1 amide bonds. The summed E-state index contributed by atoms with van der Waals surface area (Å²) in [5.74, 6) is 0.394. The maximum absolute atomic E-state index is 13.0. The molecular weight excluding hydrogens is 253 g/mol. The van der Waals surface area contributed by atoms with Gasteiger partial charge in [-0.2, -0.15) is 0 Å². The van der Waals surface area contributed by atoms with Crippen LogP contribution in [0.2, 0.25) is 0 Å². The van der Waals surface area contributed by atoms with E-state index in [0.717, 1.165) is 18.5 Å². The highest BCUT2D eigenvalue weighted by Crippen LogP contribution is 2.11. The van der Waals surface area contributed by atoms with Crippen LogP contribution in [0.25, 0.3) is 0 Å². The summed E-state index contributed by atoms with van der Waals surface area (Å²) >= 11 is 0. The molecule has 1 N–H and O–H groups in total. The predicted octanol–water partition coefficient (Wildman–Crippen LogP) is 4.09. The highest BCUT2D eigenvalue weighted by atomic mass is 19.1. The van der Waals surface area contributed by atoms with Crippen LogP contribution in [0.4, 0.5) is 4.39 Å². The zero-order valence-corrected chi connectivity index (χ0v) is 12.6. The van der Waals surface area contributed by atoms with Crippen molar-refractivity contribution in [3.05, 3.63) is 35.6 Å². The van der Waals surface area contributed by atoms with Crippen LogP contribution in [-0.4, -0.2) is 12.5 Å². The molecule has 0 aliphatic carbocycles. The molecule has 0 heterocycles. The van der Waals surface area contributed by atoms with E-state index in [-0.39, 0.29) is 11.7 Å². The third-order valence-electron chi connectivity index (χ3n) is 3.66. The number of hydrogen-bond donors (Lipinski definition) is 1. The molecule has 0 radical (unpaired) electrons. The van der Waals surface area contributed by atoms with Gasteiger partial charge in [-0.05, 0) is 36.5 Å². The number of halogens is 1. The van der Waals surface area contributed by atoms with Crippen LogP contribution >= 0.6 is 0 Å². The normalized spacial score (nSPS) is 12.2. The molecule has 0 aliphatic heterocycles. The molecule has 1 atom stereocenters. The monoisotopic (exact) mass is 279 g/mol. The van der Waals surface area contributed by atoms with Gasteiger partial charge in [-0.3, -0.25) is 4.79 Å². The maximum atomic E-state index is 13.0. The van der Waals surface area contributed by atoms with Gasteiger partial charge >= 0.3 is 0 Å². The Balaban J connectivity index is 2.26. The molecule has 1 rings (SSSR count). The second kappa shape index (κ2) is 9.51. The van der Waals surface area contributed by atoms with Crippen molar-refractivity contribution in [1.29, 1.82) is 0 Å². The van der Waals surface area contributed by atoms with Crippen LogP contribution in [-0.2, 0) is 11.2 Å². The lowest BCUT2D eigenvalue weighted by molar-refractivity contribution is -0.121. The molecule has 1 unspecified atom stereocenters. The second-order valence-corrected chi connectivity index (χ2v) is 5.35. The summed E-state index contributed by atoms with van der Waals surface area (Å²) in [5, 5.41) is 2.99. The minimum Gasteiger partial charge on any atom is -0.356 e. The average molecular weight is 279 g/mol. The lowest BCUT2D eigenvalue weighted by Gasteiger charge is -2.15. The topological polar surface area (TPSA) is 29.1 Å². The largest absolute Gasteiger partial charge is 0.356 e. The summed E-state index contributed by atoms with van der Waals surface area (Å²) in [4.78, 5) is 11.8. The van der Waals surface area contributed by atoms with E-state index in [1.54, 1.807) is 6.07 Å². The fourth-order valence-corrected chi connectivity index (χ4v) is 2.24. The van der Waals surface area contributed by atoms with E-state index in [1.807, 2.05) is 6.07 Å². The van der Waals surface area contributed by atoms with Crippen molar-refractivity contribution in [1.82, 2.24) is 5.32 Å². The van der Waals surface area contributed by atoms with E-state index in [9.17, 15) is 9.18 Å². The van der Waals surface area contributed by atoms with Gasteiger partial charge in [-0.25, -0.2) is 4.39 Å². The van der Waals surface area contributed by atoms with Crippen molar-refractivity contribution in [3.8, 4) is 0 Å². The zero-order valence-electron chi connectivity index (χ0n) is 12.6. The Bertz CT molecular complexity index is 406. The van der Waals surface area contributed by atoms with Crippen molar-refractivity contribution in [2.75, 3.05) is 6.54 Å². The molecule has 3 heteroatoms. The van der Waals surface area contributed by atoms with E-state index in [0.29, 0.717) is 18.8 Å². The molecule has 0 saturated carbocycles. The Hall–Kier alpha value is -1.38. The van der Waals surface area contributed by atoms with Gasteiger partial charge in [0.15, 0.2) is 0 Å². The van der Waals surface area contributed by atoms with Gasteiger partial charge in [0.25, 0.3) is 0 Å². The Morgan fingerprint density at radius 3 is 2.80 bits per heavy atom. The number of carbonyl (C=O) groups excluding carboxylic acids is 1. The minimum absolute atomic E-state index is 0.0595. The summed E-state index contributed by atoms with van der Waals surface area (Å²) in [6.07, 6.45) is 5.71. The quantitative estimate of drug-likeness (QED) is 0.724. The SMILES string of the molecule is CCCCC(CC)CNC(=O)CCc1cccc(F)c1. The summed E-state index contributed by atoms with van der Waals surface area (Å²) in [6.45, 7) is 5.11. The first-order chi connectivity index (χ1) is 9.65. The molecule has 2 nitrogen and oxygen atoms in total. The smallest absolute Gasteiger partial charge is 0.220 e. The van der Waals surface area contributed by atoms with E-state index < -0.39 is 0 Å². The second-order valence-electron chi connectivity index (χ2n) is 5.35. The van der Waals surface area contributed by atoms with Crippen LogP contribution in [0.5, 0.6) is 0 Å². The Kier molecular flexibility index (Phi) is 7.93. The van der Waals surface area contributed by atoms with Gasteiger partial charge in [0.1, 0.15) is 5.82 Å². The number of amides is 1. The van der Waals surface area contributed by atoms with Crippen LogP contribution in [0.15, 0.2) is 24.3 Å². The highest BCUT2D eigenvalue weighted by molar-refractivity contribution is 5.76. The number of unbranched alkanes of at least 4 members (excludes halogenated alkanes) is 1. The molecule has 0 aliphatic rings. The maximum Gasteiger partial charge on any atom is 0.220 e. The van der Waals surface area contributed by atoms with E-state index >= 15 is 0 Å². The molecule has 0 fully saturated rings.